The van der Waals surface area contributed by atoms with Crippen molar-refractivity contribution in [3.63, 3.8) is 0 Å². The van der Waals surface area contributed by atoms with Crippen LogP contribution in [0.3, 0.4) is 0 Å². The molecule has 4 heteroatoms. The van der Waals surface area contributed by atoms with Gasteiger partial charge in [-0.2, -0.15) is 5.10 Å². The van der Waals surface area contributed by atoms with Crippen molar-refractivity contribution in [3.8, 4) is 0 Å². The fraction of sp³-hybridized carbons (Fsp3) is 0.636. The second-order valence-corrected chi connectivity index (χ2v) is 3.07. The number of anilines is 1. The highest BCUT2D eigenvalue weighted by Crippen LogP contribution is 2.18. The van der Waals surface area contributed by atoms with Gasteiger partial charge < -0.3 is 5.32 Å². The summed E-state index contributed by atoms with van der Waals surface area (Å²) in [5, 5.41) is 7.03. The zero-order valence-electron chi connectivity index (χ0n) is 10.5. The van der Waals surface area contributed by atoms with Crippen molar-refractivity contribution in [2.75, 3.05) is 5.32 Å². The van der Waals surface area contributed by atoms with Gasteiger partial charge in [-0.3, -0.25) is 9.48 Å². The Morgan fingerprint density at radius 3 is 2.27 bits per heavy atom. The second kappa shape index (κ2) is 6.22. The molecular formula is C11H21N3O. The summed E-state index contributed by atoms with van der Waals surface area (Å²) in [4.78, 5) is 11.1. The number of hydrogen-bond acceptors (Lipinski definition) is 2. The van der Waals surface area contributed by atoms with E-state index in [-0.39, 0.29) is 5.91 Å². The van der Waals surface area contributed by atoms with Gasteiger partial charge in [0.05, 0.1) is 17.1 Å². The van der Waals surface area contributed by atoms with E-state index < -0.39 is 0 Å². The zero-order chi connectivity index (χ0) is 12.0. The summed E-state index contributed by atoms with van der Waals surface area (Å²) in [6.07, 6.45) is 0.494. The predicted molar refractivity (Wildman–Crippen MR) is 63.0 cm³/mol. The van der Waals surface area contributed by atoms with Crippen LogP contribution in [0.4, 0.5) is 5.69 Å². The van der Waals surface area contributed by atoms with Gasteiger partial charge in [-0.15, -0.1) is 0 Å². The fourth-order valence-electron chi connectivity index (χ4n) is 1.18. The molecule has 0 aliphatic heterocycles. The third-order valence-corrected chi connectivity index (χ3v) is 2.09. The molecule has 0 unspecified atom stereocenters. The third kappa shape index (κ3) is 3.38. The van der Waals surface area contributed by atoms with Gasteiger partial charge in [0.1, 0.15) is 0 Å². The van der Waals surface area contributed by atoms with Crippen LogP contribution in [0.2, 0.25) is 0 Å². The number of nitrogens with one attached hydrogen (secondary N) is 1. The van der Waals surface area contributed by atoms with Gasteiger partial charge >= 0.3 is 0 Å². The standard InChI is InChI=1S/C9H15N3O.C2H6/c1-5-8(13)10-9-6(2)11-12(4)7(9)3;1-2/h5H2,1-4H3,(H,10,13);1-2H3. The molecule has 0 aliphatic carbocycles. The van der Waals surface area contributed by atoms with Crippen molar-refractivity contribution < 1.29 is 4.79 Å². The first-order valence-corrected chi connectivity index (χ1v) is 5.36. The van der Waals surface area contributed by atoms with Gasteiger partial charge in [0.2, 0.25) is 5.91 Å². The average Bonchev–Trinajstić information content (AvgIpc) is 2.48. The molecule has 0 spiro atoms. The molecule has 4 nitrogen and oxygen atoms in total. The number of hydrogen-bond donors (Lipinski definition) is 1. The Morgan fingerprint density at radius 1 is 1.40 bits per heavy atom. The van der Waals surface area contributed by atoms with E-state index in [9.17, 15) is 4.79 Å². The first kappa shape index (κ1) is 13.7. The number of aryl methyl sites for hydroxylation is 2. The van der Waals surface area contributed by atoms with Gasteiger partial charge in [0.25, 0.3) is 0 Å². The summed E-state index contributed by atoms with van der Waals surface area (Å²) in [6, 6.07) is 0. The SMILES string of the molecule is CC.CCC(=O)Nc1c(C)nn(C)c1C. The summed E-state index contributed by atoms with van der Waals surface area (Å²) in [5.74, 6) is 0.0270. The lowest BCUT2D eigenvalue weighted by Gasteiger charge is -2.02. The van der Waals surface area contributed by atoms with Crippen molar-refractivity contribution in [2.45, 2.75) is 41.0 Å². The third-order valence-electron chi connectivity index (χ3n) is 2.09. The van der Waals surface area contributed by atoms with E-state index >= 15 is 0 Å². The minimum atomic E-state index is 0.0270. The summed E-state index contributed by atoms with van der Waals surface area (Å²) in [7, 11) is 1.87. The average molecular weight is 211 g/mol. The molecule has 0 radical (unpaired) electrons. The van der Waals surface area contributed by atoms with Crippen LogP contribution >= 0.6 is 0 Å². The van der Waals surface area contributed by atoms with Gasteiger partial charge in [-0.25, -0.2) is 0 Å². The van der Waals surface area contributed by atoms with E-state index in [1.165, 1.54) is 0 Å². The van der Waals surface area contributed by atoms with E-state index in [1.54, 1.807) is 4.68 Å². The molecule has 15 heavy (non-hydrogen) atoms. The van der Waals surface area contributed by atoms with E-state index in [1.807, 2.05) is 41.7 Å². The van der Waals surface area contributed by atoms with E-state index in [0.717, 1.165) is 17.1 Å². The molecule has 1 rings (SSSR count). The van der Waals surface area contributed by atoms with Crippen molar-refractivity contribution >= 4 is 11.6 Å². The van der Waals surface area contributed by atoms with Crippen LogP contribution in [0.25, 0.3) is 0 Å². The minimum Gasteiger partial charge on any atom is -0.323 e. The van der Waals surface area contributed by atoms with Gasteiger partial charge in [0.15, 0.2) is 0 Å². The summed E-state index contributed by atoms with van der Waals surface area (Å²) in [5.41, 5.74) is 2.69. The molecular weight excluding hydrogens is 190 g/mol. The maximum Gasteiger partial charge on any atom is 0.224 e. The Bertz CT molecular complexity index is 329. The molecule has 1 aromatic heterocycles. The lowest BCUT2D eigenvalue weighted by atomic mass is 10.3. The quantitative estimate of drug-likeness (QED) is 0.816. The fourth-order valence-corrected chi connectivity index (χ4v) is 1.18. The van der Waals surface area contributed by atoms with Crippen LogP contribution in [0.1, 0.15) is 38.6 Å². The van der Waals surface area contributed by atoms with Gasteiger partial charge in [-0.05, 0) is 13.8 Å². The minimum absolute atomic E-state index is 0.0270. The first-order chi connectivity index (χ1) is 7.06. The zero-order valence-corrected chi connectivity index (χ0v) is 10.5. The van der Waals surface area contributed by atoms with Gasteiger partial charge in [0, 0.05) is 13.5 Å². The lowest BCUT2D eigenvalue weighted by Crippen LogP contribution is -2.10. The molecule has 1 heterocycles. The van der Waals surface area contributed by atoms with Crippen molar-refractivity contribution in [3.05, 3.63) is 11.4 Å². The van der Waals surface area contributed by atoms with Crippen LogP contribution in [-0.4, -0.2) is 15.7 Å². The highest BCUT2D eigenvalue weighted by molar-refractivity contribution is 5.91. The number of nitrogens with zero attached hydrogens (tertiary/aromatic N) is 2. The smallest absolute Gasteiger partial charge is 0.224 e. The van der Waals surface area contributed by atoms with Crippen LogP contribution in [-0.2, 0) is 11.8 Å². The molecule has 1 amide bonds. The molecule has 0 aromatic carbocycles. The summed E-state index contributed by atoms with van der Waals surface area (Å²) < 4.78 is 1.76. The highest BCUT2D eigenvalue weighted by atomic mass is 16.1. The van der Waals surface area contributed by atoms with E-state index in [2.05, 4.69) is 10.4 Å². The number of rotatable bonds is 2. The van der Waals surface area contributed by atoms with Crippen LogP contribution < -0.4 is 5.32 Å². The van der Waals surface area contributed by atoms with Crippen LogP contribution in [0.5, 0.6) is 0 Å². The topological polar surface area (TPSA) is 46.9 Å². The number of carbonyl (C=O) groups excluding carboxylic acids is 1. The van der Waals surface area contributed by atoms with Crippen molar-refractivity contribution in [1.82, 2.24) is 9.78 Å². The predicted octanol–water partition coefficient (Wildman–Crippen LogP) is 2.41. The van der Waals surface area contributed by atoms with Gasteiger partial charge in [-0.1, -0.05) is 20.8 Å². The molecule has 0 saturated heterocycles. The van der Waals surface area contributed by atoms with Crippen LogP contribution in [0.15, 0.2) is 0 Å². The first-order valence-electron chi connectivity index (χ1n) is 5.36. The Hall–Kier alpha value is -1.32. The number of amides is 1. The van der Waals surface area contributed by atoms with Crippen molar-refractivity contribution in [2.24, 2.45) is 7.05 Å². The molecule has 0 atom stereocenters. The molecule has 0 bridgehead atoms. The lowest BCUT2D eigenvalue weighted by molar-refractivity contribution is -0.115. The van der Waals surface area contributed by atoms with E-state index in [4.69, 9.17) is 0 Å². The Labute approximate surface area is 91.7 Å². The number of aromatic nitrogens is 2. The molecule has 1 aromatic rings. The molecule has 0 fully saturated rings. The monoisotopic (exact) mass is 211 g/mol. The van der Waals surface area contributed by atoms with Crippen LogP contribution in [0, 0.1) is 13.8 Å². The molecule has 86 valence electrons. The number of carbonyl (C=O) groups is 1. The summed E-state index contributed by atoms with van der Waals surface area (Å²) >= 11 is 0. The highest BCUT2D eigenvalue weighted by Gasteiger charge is 2.10. The largest absolute Gasteiger partial charge is 0.323 e. The molecule has 0 saturated carbocycles. The Kier molecular flexibility index (Phi) is 5.67. The Morgan fingerprint density at radius 2 is 1.93 bits per heavy atom. The van der Waals surface area contributed by atoms with Crippen molar-refractivity contribution in [1.29, 1.82) is 0 Å². The Balaban J connectivity index is 0.000000921. The summed E-state index contributed by atoms with van der Waals surface area (Å²) in [6.45, 7) is 9.65. The maximum absolute atomic E-state index is 11.1. The molecule has 1 N–H and O–H groups in total. The molecule has 0 aliphatic rings. The second-order valence-electron chi connectivity index (χ2n) is 3.07. The normalized spacial score (nSPS) is 9.20. The van der Waals surface area contributed by atoms with E-state index in [0.29, 0.717) is 6.42 Å². The maximum atomic E-state index is 11.1.